The highest BCUT2D eigenvalue weighted by Gasteiger charge is 2.08. The van der Waals surface area contributed by atoms with Crippen molar-refractivity contribution in [1.29, 1.82) is 0 Å². The van der Waals surface area contributed by atoms with Crippen LogP contribution in [0, 0.1) is 0 Å². The predicted molar refractivity (Wildman–Crippen MR) is 83.2 cm³/mol. The summed E-state index contributed by atoms with van der Waals surface area (Å²) in [6.45, 7) is 1.89. The van der Waals surface area contributed by atoms with Crippen LogP contribution in [0.3, 0.4) is 0 Å². The normalized spacial score (nSPS) is 12.1. The Morgan fingerprint density at radius 2 is 2.33 bits per heavy atom. The molecule has 0 saturated heterocycles. The highest BCUT2D eigenvalue weighted by Crippen LogP contribution is 2.20. The number of amides is 1. The number of carbonyl (C=O) groups excluding carboxylic acids is 1. The van der Waals surface area contributed by atoms with Crippen LogP contribution < -0.4 is 5.32 Å². The van der Waals surface area contributed by atoms with Gasteiger partial charge in [0, 0.05) is 37.3 Å². The lowest BCUT2D eigenvalue weighted by Crippen LogP contribution is -2.30. The van der Waals surface area contributed by atoms with Crippen LogP contribution in [0.1, 0.15) is 22.8 Å². The molecule has 0 aliphatic heterocycles. The van der Waals surface area contributed by atoms with Crippen molar-refractivity contribution in [3.63, 3.8) is 0 Å². The minimum absolute atomic E-state index is 0.167. The fourth-order valence-corrected chi connectivity index (χ4v) is 2.66. The summed E-state index contributed by atoms with van der Waals surface area (Å²) >= 11 is 1.63. The summed E-state index contributed by atoms with van der Waals surface area (Å²) in [5.74, 6) is 0.585. The molecule has 0 spiro atoms. The van der Waals surface area contributed by atoms with Crippen LogP contribution in [0.4, 0.5) is 0 Å². The van der Waals surface area contributed by atoms with Gasteiger partial charge in [-0.2, -0.15) is 0 Å². The van der Waals surface area contributed by atoms with Gasteiger partial charge in [0.15, 0.2) is 5.16 Å². The molecule has 0 bridgehead atoms. The number of imidazole rings is 1. The third-order valence-corrected chi connectivity index (χ3v) is 4.02. The first-order valence-corrected chi connectivity index (χ1v) is 7.70. The number of benzene rings is 1. The number of aliphatic hydroxyl groups excluding tert-OH is 1. The maximum atomic E-state index is 11.9. The number of rotatable bonds is 6. The Balaban J connectivity index is 1.97. The molecule has 1 amide bonds. The largest absolute Gasteiger partial charge is 0.392 e. The van der Waals surface area contributed by atoms with Crippen molar-refractivity contribution in [1.82, 2.24) is 14.9 Å². The topological polar surface area (TPSA) is 67.2 Å². The highest BCUT2D eigenvalue weighted by molar-refractivity contribution is 7.98. The number of hydrogen-bond donors (Lipinski definition) is 2. The van der Waals surface area contributed by atoms with Gasteiger partial charge in [-0.05, 0) is 24.6 Å². The quantitative estimate of drug-likeness (QED) is 0.799. The van der Waals surface area contributed by atoms with Gasteiger partial charge >= 0.3 is 0 Å². The van der Waals surface area contributed by atoms with Gasteiger partial charge in [0.2, 0.25) is 0 Å². The van der Waals surface area contributed by atoms with Gasteiger partial charge in [-0.15, -0.1) is 0 Å². The zero-order valence-corrected chi connectivity index (χ0v) is 12.9. The van der Waals surface area contributed by atoms with Crippen molar-refractivity contribution in [2.24, 2.45) is 7.05 Å². The van der Waals surface area contributed by atoms with Gasteiger partial charge in [0.1, 0.15) is 0 Å². The molecule has 5 nitrogen and oxygen atoms in total. The summed E-state index contributed by atoms with van der Waals surface area (Å²) in [6, 6.07) is 7.49. The molecule has 1 unspecified atom stereocenters. The summed E-state index contributed by atoms with van der Waals surface area (Å²) in [4.78, 5) is 16.2. The van der Waals surface area contributed by atoms with Crippen molar-refractivity contribution in [2.45, 2.75) is 23.9 Å². The summed E-state index contributed by atoms with van der Waals surface area (Å²) < 4.78 is 1.96. The highest BCUT2D eigenvalue weighted by atomic mass is 32.2. The first-order chi connectivity index (χ1) is 10.1. The van der Waals surface area contributed by atoms with E-state index in [0.29, 0.717) is 5.56 Å². The number of thioether (sulfide) groups is 1. The first kappa shape index (κ1) is 15.6. The summed E-state index contributed by atoms with van der Waals surface area (Å²) in [5, 5.41) is 12.8. The molecule has 0 fully saturated rings. The van der Waals surface area contributed by atoms with E-state index in [4.69, 9.17) is 0 Å². The zero-order chi connectivity index (χ0) is 15.2. The van der Waals surface area contributed by atoms with Gasteiger partial charge in [0.25, 0.3) is 5.91 Å². The smallest absolute Gasteiger partial charge is 0.251 e. The standard InChI is InChI=1S/C15H19N3O2S/c1-11(19)9-17-14(20)13-5-3-4-12(8-13)10-21-15-16-6-7-18(15)2/h3-8,11,19H,9-10H2,1-2H3,(H,17,20). The number of nitrogens with one attached hydrogen (secondary N) is 1. The van der Waals surface area contributed by atoms with Crippen LogP contribution in [0.25, 0.3) is 0 Å². The molecule has 2 rings (SSSR count). The molecule has 2 aromatic rings. The van der Waals surface area contributed by atoms with Crippen LogP contribution in [-0.4, -0.2) is 33.2 Å². The number of nitrogens with zero attached hydrogens (tertiary/aromatic N) is 2. The van der Waals surface area contributed by atoms with Crippen molar-refractivity contribution in [2.75, 3.05) is 6.54 Å². The molecule has 1 heterocycles. The Bertz CT molecular complexity index is 610. The Morgan fingerprint density at radius 1 is 1.52 bits per heavy atom. The lowest BCUT2D eigenvalue weighted by molar-refractivity contribution is 0.0924. The molecule has 1 atom stereocenters. The van der Waals surface area contributed by atoms with E-state index < -0.39 is 6.10 Å². The molecule has 0 aliphatic carbocycles. The number of carbonyl (C=O) groups is 1. The van der Waals surface area contributed by atoms with E-state index in [2.05, 4.69) is 10.3 Å². The van der Waals surface area contributed by atoms with Gasteiger partial charge < -0.3 is 15.0 Å². The average molecular weight is 305 g/mol. The molecular formula is C15H19N3O2S. The number of aryl methyl sites for hydroxylation is 1. The van der Waals surface area contributed by atoms with Crippen LogP contribution in [0.2, 0.25) is 0 Å². The summed E-state index contributed by atoms with van der Waals surface area (Å²) in [5.41, 5.74) is 1.67. The first-order valence-electron chi connectivity index (χ1n) is 6.71. The van der Waals surface area contributed by atoms with E-state index in [1.807, 2.05) is 36.0 Å². The van der Waals surface area contributed by atoms with Crippen molar-refractivity contribution in [3.05, 3.63) is 47.8 Å². The van der Waals surface area contributed by atoms with Crippen LogP contribution in [-0.2, 0) is 12.8 Å². The van der Waals surface area contributed by atoms with Crippen LogP contribution in [0.15, 0.2) is 41.8 Å². The molecule has 6 heteroatoms. The molecule has 2 N–H and O–H groups in total. The third-order valence-electron chi connectivity index (χ3n) is 2.89. The fraction of sp³-hybridized carbons (Fsp3) is 0.333. The minimum Gasteiger partial charge on any atom is -0.392 e. The van der Waals surface area contributed by atoms with E-state index >= 15 is 0 Å². The van der Waals surface area contributed by atoms with Crippen LogP contribution >= 0.6 is 11.8 Å². The minimum atomic E-state index is -0.545. The molecule has 1 aromatic heterocycles. The lowest BCUT2D eigenvalue weighted by atomic mass is 10.1. The molecular weight excluding hydrogens is 286 g/mol. The molecule has 0 saturated carbocycles. The Labute approximate surface area is 128 Å². The van der Waals surface area contributed by atoms with E-state index in [9.17, 15) is 9.90 Å². The van der Waals surface area contributed by atoms with E-state index in [1.165, 1.54) is 0 Å². The summed E-state index contributed by atoms with van der Waals surface area (Å²) in [7, 11) is 1.95. The SMILES string of the molecule is CC(O)CNC(=O)c1cccc(CSc2nccn2C)c1. The Hall–Kier alpha value is -1.79. The molecule has 112 valence electrons. The van der Waals surface area contributed by atoms with Crippen LogP contribution in [0.5, 0.6) is 0 Å². The lowest BCUT2D eigenvalue weighted by Gasteiger charge is -2.08. The molecule has 0 radical (unpaired) electrons. The maximum absolute atomic E-state index is 11.9. The Morgan fingerprint density at radius 3 is 3.00 bits per heavy atom. The molecule has 1 aromatic carbocycles. The van der Waals surface area contributed by atoms with E-state index in [0.717, 1.165) is 16.5 Å². The maximum Gasteiger partial charge on any atom is 0.251 e. The monoisotopic (exact) mass is 305 g/mol. The second-order valence-corrected chi connectivity index (χ2v) is 5.81. The Kier molecular flexibility index (Phi) is 5.41. The van der Waals surface area contributed by atoms with E-state index in [-0.39, 0.29) is 12.5 Å². The van der Waals surface area contributed by atoms with Gasteiger partial charge in [-0.25, -0.2) is 4.98 Å². The second-order valence-electron chi connectivity index (χ2n) is 4.87. The summed E-state index contributed by atoms with van der Waals surface area (Å²) in [6.07, 6.45) is 3.13. The van der Waals surface area contributed by atoms with Gasteiger partial charge in [0.05, 0.1) is 6.10 Å². The van der Waals surface area contributed by atoms with Crippen molar-refractivity contribution in [3.8, 4) is 0 Å². The second kappa shape index (κ2) is 7.28. The van der Waals surface area contributed by atoms with Gasteiger partial charge in [-0.1, -0.05) is 23.9 Å². The third kappa shape index (κ3) is 4.61. The van der Waals surface area contributed by atoms with Crippen molar-refractivity contribution >= 4 is 17.7 Å². The molecule has 0 aliphatic rings. The average Bonchev–Trinajstić information content (AvgIpc) is 2.88. The van der Waals surface area contributed by atoms with Crippen molar-refractivity contribution < 1.29 is 9.90 Å². The predicted octanol–water partition coefficient (Wildman–Crippen LogP) is 1.82. The molecule has 21 heavy (non-hydrogen) atoms. The number of hydrogen-bond acceptors (Lipinski definition) is 4. The number of aromatic nitrogens is 2. The number of aliphatic hydroxyl groups is 1. The fourth-order valence-electron chi connectivity index (χ4n) is 1.78. The zero-order valence-electron chi connectivity index (χ0n) is 12.1. The van der Waals surface area contributed by atoms with Gasteiger partial charge in [-0.3, -0.25) is 4.79 Å². The van der Waals surface area contributed by atoms with E-state index in [1.54, 1.807) is 30.9 Å².